The average Bonchev–Trinajstić information content (AvgIpc) is 3.20. The Morgan fingerprint density at radius 2 is 2.12 bits per heavy atom. The SMILES string of the molecule is CC(C)n1cc(-c2ccncn2)c(-c2cnc3[nH]cc(Cl)c3c2)n1. The van der Waals surface area contributed by atoms with Crippen molar-refractivity contribution in [3.63, 3.8) is 0 Å². The zero-order valence-electron chi connectivity index (χ0n) is 13.2. The summed E-state index contributed by atoms with van der Waals surface area (Å²) in [6.07, 6.45) is 8.80. The van der Waals surface area contributed by atoms with Gasteiger partial charge < -0.3 is 4.98 Å². The van der Waals surface area contributed by atoms with Crippen LogP contribution in [0.4, 0.5) is 0 Å². The Morgan fingerprint density at radius 3 is 2.88 bits per heavy atom. The molecular formula is C17H15ClN6. The van der Waals surface area contributed by atoms with Crippen LogP contribution in [0.3, 0.4) is 0 Å². The first-order valence-electron chi connectivity index (χ1n) is 7.62. The highest BCUT2D eigenvalue weighted by Gasteiger charge is 2.17. The van der Waals surface area contributed by atoms with Gasteiger partial charge in [0, 0.05) is 47.3 Å². The predicted octanol–water partition coefficient (Wildman–Crippen LogP) is 4.12. The van der Waals surface area contributed by atoms with Crippen LogP contribution in [-0.2, 0) is 0 Å². The lowest BCUT2D eigenvalue weighted by molar-refractivity contribution is 0.534. The summed E-state index contributed by atoms with van der Waals surface area (Å²) < 4.78 is 1.93. The summed E-state index contributed by atoms with van der Waals surface area (Å²) in [7, 11) is 0. The van der Waals surface area contributed by atoms with Gasteiger partial charge in [-0.05, 0) is 26.0 Å². The third-order valence-corrected chi connectivity index (χ3v) is 4.19. The van der Waals surface area contributed by atoms with E-state index in [1.165, 1.54) is 6.33 Å². The minimum absolute atomic E-state index is 0.242. The van der Waals surface area contributed by atoms with Gasteiger partial charge in [-0.15, -0.1) is 0 Å². The van der Waals surface area contributed by atoms with E-state index in [4.69, 9.17) is 16.7 Å². The number of aromatic nitrogens is 6. The van der Waals surface area contributed by atoms with Crippen molar-refractivity contribution in [1.82, 2.24) is 29.7 Å². The van der Waals surface area contributed by atoms with E-state index >= 15 is 0 Å². The van der Waals surface area contributed by atoms with Gasteiger partial charge in [0.15, 0.2) is 0 Å². The predicted molar refractivity (Wildman–Crippen MR) is 93.7 cm³/mol. The van der Waals surface area contributed by atoms with Gasteiger partial charge in [-0.1, -0.05) is 11.6 Å². The second-order valence-corrected chi connectivity index (χ2v) is 6.22. The molecule has 6 nitrogen and oxygen atoms in total. The van der Waals surface area contributed by atoms with E-state index in [1.54, 1.807) is 18.6 Å². The van der Waals surface area contributed by atoms with E-state index in [0.29, 0.717) is 5.02 Å². The molecule has 4 aromatic heterocycles. The van der Waals surface area contributed by atoms with E-state index in [0.717, 1.165) is 33.5 Å². The minimum atomic E-state index is 0.242. The van der Waals surface area contributed by atoms with Crippen molar-refractivity contribution in [2.45, 2.75) is 19.9 Å². The van der Waals surface area contributed by atoms with Gasteiger partial charge >= 0.3 is 0 Å². The molecule has 1 N–H and O–H groups in total. The van der Waals surface area contributed by atoms with Crippen molar-refractivity contribution in [1.29, 1.82) is 0 Å². The van der Waals surface area contributed by atoms with Crippen molar-refractivity contribution >= 4 is 22.6 Å². The van der Waals surface area contributed by atoms with Crippen LogP contribution in [0.5, 0.6) is 0 Å². The molecule has 0 bridgehead atoms. The molecule has 0 fully saturated rings. The van der Waals surface area contributed by atoms with Crippen LogP contribution in [-0.4, -0.2) is 29.7 Å². The molecule has 0 saturated heterocycles. The molecule has 0 radical (unpaired) electrons. The quantitative estimate of drug-likeness (QED) is 0.610. The fourth-order valence-corrected chi connectivity index (χ4v) is 2.81. The third-order valence-electron chi connectivity index (χ3n) is 3.87. The number of nitrogens with zero attached hydrogens (tertiary/aromatic N) is 5. The van der Waals surface area contributed by atoms with Gasteiger partial charge in [-0.3, -0.25) is 4.68 Å². The van der Waals surface area contributed by atoms with Gasteiger partial charge in [0.2, 0.25) is 0 Å². The number of H-pyrrole nitrogens is 1. The van der Waals surface area contributed by atoms with E-state index < -0.39 is 0 Å². The molecule has 4 aromatic rings. The second-order valence-electron chi connectivity index (χ2n) is 5.82. The zero-order valence-corrected chi connectivity index (χ0v) is 14.0. The normalized spacial score (nSPS) is 11.5. The Balaban J connectivity index is 1.93. The van der Waals surface area contributed by atoms with Gasteiger partial charge in [-0.25, -0.2) is 15.0 Å². The fourth-order valence-electron chi connectivity index (χ4n) is 2.61. The molecule has 4 heterocycles. The zero-order chi connectivity index (χ0) is 16.7. The summed E-state index contributed by atoms with van der Waals surface area (Å²) in [5.41, 5.74) is 4.26. The Kier molecular flexibility index (Phi) is 3.54. The minimum Gasteiger partial charge on any atom is -0.345 e. The van der Waals surface area contributed by atoms with Crippen LogP contribution in [0.1, 0.15) is 19.9 Å². The van der Waals surface area contributed by atoms with Gasteiger partial charge in [0.1, 0.15) is 17.7 Å². The summed E-state index contributed by atoms with van der Waals surface area (Å²) in [4.78, 5) is 15.8. The molecule has 0 amide bonds. The standard InChI is InChI=1S/C17H15ClN6/c1-10(2)24-8-13(15-3-4-19-9-22-15)16(23-24)11-5-12-14(18)7-21-17(12)20-6-11/h3-10H,1-2H3,(H,20,21). The molecule has 0 aliphatic rings. The molecule has 0 unspecified atom stereocenters. The topological polar surface area (TPSA) is 72.3 Å². The molecule has 0 spiro atoms. The molecular weight excluding hydrogens is 324 g/mol. The van der Waals surface area contributed by atoms with Crippen LogP contribution >= 0.6 is 11.6 Å². The number of nitrogens with one attached hydrogen (secondary N) is 1. The van der Waals surface area contributed by atoms with Crippen molar-refractivity contribution in [2.75, 3.05) is 0 Å². The van der Waals surface area contributed by atoms with E-state index in [9.17, 15) is 0 Å². The maximum absolute atomic E-state index is 6.23. The number of aromatic amines is 1. The largest absolute Gasteiger partial charge is 0.345 e. The summed E-state index contributed by atoms with van der Waals surface area (Å²) in [5, 5.41) is 6.26. The van der Waals surface area contributed by atoms with Crippen LogP contribution < -0.4 is 0 Å². The molecule has 120 valence electrons. The summed E-state index contributed by atoms with van der Waals surface area (Å²) in [5.74, 6) is 0. The van der Waals surface area contributed by atoms with Gasteiger partial charge in [-0.2, -0.15) is 5.10 Å². The van der Waals surface area contributed by atoms with Crippen LogP contribution in [0.25, 0.3) is 33.5 Å². The van der Waals surface area contributed by atoms with Crippen molar-refractivity contribution in [3.8, 4) is 22.5 Å². The highest BCUT2D eigenvalue weighted by Crippen LogP contribution is 2.33. The number of rotatable bonds is 3. The third kappa shape index (κ3) is 2.45. The summed E-state index contributed by atoms with van der Waals surface area (Å²) in [6, 6.07) is 4.12. The first-order valence-corrected chi connectivity index (χ1v) is 8.00. The van der Waals surface area contributed by atoms with Crippen LogP contribution in [0.15, 0.2) is 43.2 Å². The molecule has 7 heteroatoms. The number of fused-ring (bicyclic) bond motifs is 1. The number of hydrogen-bond donors (Lipinski definition) is 1. The molecule has 0 aromatic carbocycles. The summed E-state index contributed by atoms with van der Waals surface area (Å²) >= 11 is 6.23. The first kappa shape index (κ1) is 14.8. The number of hydrogen-bond acceptors (Lipinski definition) is 4. The maximum Gasteiger partial charge on any atom is 0.138 e. The maximum atomic E-state index is 6.23. The van der Waals surface area contributed by atoms with Crippen molar-refractivity contribution in [2.24, 2.45) is 0 Å². The Bertz CT molecular complexity index is 1000. The lowest BCUT2D eigenvalue weighted by Crippen LogP contribution is -2.00. The van der Waals surface area contributed by atoms with Crippen molar-refractivity contribution < 1.29 is 0 Å². The molecule has 0 saturated carbocycles. The number of pyridine rings is 1. The Labute approximate surface area is 143 Å². The van der Waals surface area contributed by atoms with E-state index in [-0.39, 0.29) is 6.04 Å². The van der Waals surface area contributed by atoms with E-state index in [2.05, 4.69) is 33.8 Å². The smallest absolute Gasteiger partial charge is 0.138 e. The Morgan fingerprint density at radius 1 is 1.25 bits per heavy atom. The monoisotopic (exact) mass is 338 g/mol. The number of halogens is 1. The molecule has 0 aliphatic heterocycles. The molecule has 0 aliphatic carbocycles. The fraction of sp³-hybridized carbons (Fsp3) is 0.176. The van der Waals surface area contributed by atoms with Crippen LogP contribution in [0.2, 0.25) is 5.02 Å². The van der Waals surface area contributed by atoms with Gasteiger partial charge in [0.05, 0.1) is 10.7 Å². The first-order chi connectivity index (χ1) is 11.6. The molecule has 4 rings (SSSR count). The molecule has 24 heavy (non-hydrogen) atoms. The lowest BCUT2D eigenvalue weighted by Gasteiger charge is -2.03. The highest BCUT2D eigenvalue weighted by atomic mass is 35.5. The summed E-state index contributed by atoms with van der Waals surface area (Å²) in [6.45, 7) is 4.18. The highest BCUT2D eigenvalue weighted by molar-refractivity contribution is 6.35. The second kappa shape index (κ2) is 5.72. The van der Waals surface area contributed by atoms with Gasteiger partial charge in [0.25, 0.3) is 0 Å². The molecule has 0 atom stereocenters. The van der Waals surface area contributed by atoms with Crippen LogP contribution in [0, 0.1) is 0 Å². The Hall–Kier alpha value is -2.73. The average molecular weight is 339 g/mol. The van der Waals surface area contributed by atoms with E-state index in [1.807, 2.05) is 23.0 Å². The van der Waals surface area contributed by atoms with Crippen molar-refractivity contribution in [3.05, 3.63) is 48.3 Å². The lowest BCUT2D eigenvalue weighted by atomic mass is 10.1.